The molecule has 0 amide bonds. The van der Waals surface area contributed by atoms with E-state index in [1.165, 1.54) is 49.5 Å². The normalized spacial score (nSPS) is 44.2. The Kier molecular flexibility index (Phi) is 7.45. The molecule has 5 heteroatoms. The lowest BCUT2D eigenvalue weighted by Gasteiger charge is -2.60. The predicted molar refractivity (Wildman–Crippen MR) is 176 cm³/mol. The number of allylic oxidation sites excluding steroid dienone is 1. The van der Waals surface area contributed by atoms with Crippen LogP contribution in [0, 0.1) is 57.7 Å². The van der Waals surface area contributed by atoms with Gasteiger partial charge in [0.2, 0.25) is 0 Å². The molecule has 1 saturated heterocycles. The number of aldehydes is 1. The minimum atomic E-state index is -1.15. The van der Waals surface area contributed by atoms with E-state index in [-0.39, 0.29) is 30.0 Å². The summed E-state index contributed by atoms with van der Waals surface area (Å²) in [5, 5.41) is 11.6. The molecule has 5 aliphatic carbocycles. The maximum Gasteiger partial charge on any atom is 0.315 e. The average molecular weight is 614 g/mol. The number of carboxylic acids is 1. The Hall–Kier alpha value is -1.98. The molecular formula is C40H55NO4. The fourth-order valence-electron chi connectivity index (χ4n) is 13.3. The van der Waals surface area contributed by atoms with E-state index in [2.05, 4.69) is 56.0 Å². The average Bonchev–Trinajstić information content (AvgIpc) is 3.82. The van der Waals surface area contributed by atoms with E-state index in [0.29, 0.717) is 24.2 Å². The second-order valence-electron chi connectivity index (χ2n) is 17.0. The van der Waals surface area contributed by atoms with Crippen LogP contribution in [-0.4, -0.2) is 54.1 Å². The van der Waals surface area contributed by atoms with E-state index < -0.39 is 22.2 Å². The molecule has 4 bridgehead atoms. The summed E-state index contributed by atoms with van der Waals surface area (Å²) < 4.78 is 7.47. The van der Waals surface area contributed by atoms with Gasteiger partial charge in [0.05, 0.1) is 17.6 Å². The Labute approximate surface area is 270 Å². The molecule has 45 heavy (non-hydrogen) atoms. The van der Waals surface area contributed by atoms with Gasteiger partial charge in [0, 0.05) is 25.0 Å². The second-order valence-corrected chi connectivity index (χ2v) is 17.0. The third kappa shape index (κ3) is 4.11. The number of rotatable bonds is 8. The molecule has 6 unspecified atom stereocenters. The molecule has 7 aliphatic rings. The molecule has 4 saturated carbocycles. The maximum absolute atomic E-state index is 14.1. The Morgan fingerprint density at radius 1 is 1.07 bits per heavy atom. The molecule has 0 spiro atoms. The van der Waals surface area contributed by atoms with Crippen molar-refractivity contribution in [3.63, 3.8) is 0 Å². The molecule has 8 rings (SSSR count). The van der Waals surface area contributed by atoms with Crippen molar-refractivity contribution in [2.45, 2.75) is 110 Å². The van der Waals surface area contributed by atoms with Gasteiger partial charge in [-0.1, -0.05) is 88.8 Å². The van der Waals surface area contributed by atoms with Crippen molar-refractivity contribution in [2.24, 2.45) is 57.7 Å². The third-order valence-corrected chi connectivity index (χ3v) is 15.0. The number of aliphatic carboxylic acids is 1. The lowest BCUT2D eigenvalue weighted by atomic mass is 9.41. The number of benzene rings is 1. The maximum atomic E-state index is 14.1. The Bertz CT molecular complexity index is 1340. The summed E-state index contributed by atoms with van der Waals surface area (Å²) in [4.78, 5) is 30.4. The fourth-order valence-corrected chi connectivity index (χ4v) is 13.3. The van der Waals surface area contributed by atoms with Crippen LogP contribution >= 0.6 is 0 Å². The van der Waals surface area contributed by atoms with E-state index in [1.54, 1.807) is 0 Å². The number of hydrogen-bond donors (Lipinski definition) is 1. The van der Waals surface area contributed by atoms with Gasteiger partial charge in [-0.25, -0.2) is 0 Å². The first-order chi connectivity index (χ1) is 21.7. The van der Waals surface area contributed by atoms with Crippen molar-refractivity contribution in [1.29, 1.82) is 0 Å². The summed E-state index contributed by atoms with van der Waals surface area (Å²) in [6.45, 7) is 9.73. The minimum Gasteiger partial charge on any atom is -0.481 e. The lowest BCUT2D eigenvalue weighted by molar-refractivity contribution is -0.197. The van der Waals surface area contributed by atoms with Crippen LogP contribution in [0.2, 0.25) is 0 Å². The zero-order valence-electron chi connectivity index (χ0n) is 27.9. The molecule has 5 fully saturated rings. The molecule has 0 aromatic heterocycles. The van der Waals surface area contributed by atoms with Crippen LogP contribution in [0.15, 0.2) is 35.9 Å². The molecule has 0 radical (unpaired) electrons. The van der Waals surface area contributed by atoms with Gasteiger partial charge in [0.15, 0.2) is 0 Å². The van der Waals surface area contributed by atoms with Gasteiger partial charge in [0.1, 0.15) is 11.7 Å². The number of ether oxygens (including phenoxy) is 1. The molecule has 5 nitrogen and oxygen atoms in total. The van der Waals surface area contributed by atoms with Gasteiger partial charge in [-0.05, 0) is 97.5 Å². The van der Waals surface area contributed by atoms with Crippen molar-refractivity contribution in [1.82, 2.24) is 4.90 Å². The first-order valence-corrected chi connectivity index (χ1v) is 18.6. The molecule has 10 atom stereocenters. The van der Waals surface area contributed by atoms with Crippen LogP contribution in [-0.2, 0) is 27.2 Å². The summed E-state index contributed by atoms with van der Waals surface area (Å²) >= 11 is 0. The highest BCUT2D eigenvalue weighted by Gasteiger charge is 2.86. The quantitative estimate of drug-likeness (QED) is 0.245. The number of carbonyl (C=O) groups excluding carboxylic acids is 1. The van der Waals surface area contributed by atoms with Crippen LogP contribution in [0.25, 0.3) is 0 Å². The number of carboxylic acid groups (broad SMARTS) is 1. The number of hydrogen-bond acceptors (Lipinski definition) is 4. The first kappa shape index (κ1) is 30.4. The Balaban J connectivity index is 1.17. The van der Waals surface area contributed by atoms with Crippen LogP contribution in [0.3, 0.4) is 0 Å². The molecule has 1 aromatic rings. The Morgan fingerprint density at radius 2 is 1.78 bits per heavy atom. The van der Waals surface area contributed by atoms with Crippen molar-refractivity contribution < 1.29 is 19.4 Å². The van der Waals surface area contributed by atoms with E-state index >= 15 is 0 Å². The van der Waals surface area contributed by atoms with Gasteiger partial charge < -0.3 is 19.5 Å². The van der Waals surface area contributed by atoms with Gasteiger partial charge in [-0.15, -0.1) is 0 Å². The number of carbonyl (C=O) groups is 2. The van der Waals surface area contributed by atoms with E-state index in [9.17, 15) is 14.7 Å². The van der Waals surface area contributed by atoms with Crippen LogP contribution in [0.1, 0.15) is 96.1 Å². The minimum absolute atomic E-state index is 0.102. The van der Waals surface area contributed by atoms with Crippen molar-refractivity contribution in [3.8, 4) is 0 Å². The smallest absolute Gasteiger partial charge is 0.315 e. The fraction of sp³-hybridized carbons (Fsp3) is 0.750. The number of fused-ring (bicyclic) bond motifs is 3. The van der Waals surface area contributed by atoms with Crippen molar-refractivity contribution >= 4 is 12.3 Å². The van der Waals surface area contributed by atoms with E-state index in [0.717, 1.165) is 69.7 Å². The first-order valence-electron chi connectivity index (χ1n) is 18.6. The molecule has 1 N–H and O–H groups in total. The molecular weight excluding hydrogens is 558 g/mol. The zero-order valence-corrected chi connectivity index (χ0v) is 27.9. The molecule has 2 aliphatic heterocycles. The molecule has 1 aromatic carbocycles. The highest BCUT2D eigenvalue weighted by Crippen LogP contribution is 2.84. The van der Waals surface area contributed by atoms with Crippen LogP contribution in [0.4, 0.5) is 0 Å². The Morgan fingerprint density at radius 3 is 2.42 bits per heavy atom. The van der Waals surface area contributed by atoms with Gasteiger partial charge in [-0.3, -0.25) is 4.79 Å². The third-order valence-electron chi connectivity index (χ3n) is 15.0. The second kappa shape index (κ2) is 11.0. The SMILES string of the molecule is CC(C)C1=CC2CC3(C=O)[C@@H]4CC[C@@H](C)[C@H]4CC2(C2CC(CC4CCCC4)C(CN4CCc5ccccc5CC4)O2)[C@]13C(=O)O. The summed E-state index contributed by atoms with van der Waals surface area (Å²) in [6, 6.07) is 8.93. The lowest BCUT2D eigenvalue weighted by Crippen LogP contribution is -2.65. The molecule has 2 heterocycles. The highest BCUT2D eigenvalue weighted by atomic mass is 16.5. The molecule has 244 valence electrons. The van der Waals surface area contributed by atoms with E-state index in [4.69, 9.17) is 4.74 Å². The highest BCUT2D eigenvalue weighted by molar-refractivity contribution is 5.90. The largest absolute Gasteiger partial charge is 0.481 e. The van der Waals surface area contributed by atoms with Crippen molar-refractivity contribution in [2.75, 3.05) is 19.6 Å². The number of nitrogens with zero attached hydrogens (tertiary/aromatic N) is 1. The monoisotopic (exact) mass is 613 g/mol. The van der Waals surface area contributed by atoms with Gasteiger partial charge in [-0.2, -0.15) is 0 Å². The predicted octanol–water partition coefficient (Wildman–Crippen LogP) is 7.37. The zero-order chi connectivity index (χ0) is 31.1. The topological polar surface area (TPSA) is 66.8 Å². The van der Waals surface area contributed by atoms with E-state index in [1.807, 2.05) is 0 Å². The summed E-state index contributed by atoms with van der Waals surface area (Å²) in [5.41, 5.74) is 1.52. The van der Waals surface area contributed by atoms with Crippen LogP contribution in [0.5, 0.6) is 0 Å². The summed E-state index contributed by atoms with van der Waals surface area (Å²) in [7, 11) is 0. The van der Waals surface area contributed by atoms with Crippen LogP contribution < -0.4 is 0 Å². The summed E-state index contributed by atoms with van der Waals surface area (Å²) in [6.07, 6.45) is 16.9. The standard InChI is InChI=1S/C40H55NO4/c1-25(2)34-20-31-21-38(24-42)33-13-12-26(3)32(33)22-39(31,40(34,38)37(43)44)36-19-30(18-27-8-4-5-9-27)35(45-36)23-41-16-14-28-10-6-7-11-29(28)15-17-41/h6-7,10-11,20,24-27,30-33,35-36H,4-5,8-9,12-19,21-23H2,1-3H3,(H,43,44)/t26-,30?,31?,32-,33-,35?,36?,38?,39?,40+/m1/s1. The van der Waals surface area contributed by atoms with Gasteiger partial charge >= 0.3 is 5.97 Å². The summed E-state index contributed by atoms with van der Waals surface area (Å²) in [5.74, 6) is 1.81. The van der Waals surface area contributed by atoms with Crippen molar-refractivity contribution in [3.05, 3.63) is 47.0 Å². The van der Waals surface area contributed by atoms with Gasteiger partial charge in [0.25, 0.3) is 0 Å².